The van der Waals surface area contributed by atoms with Crippen LogP contribution in [-0.2, 0) is 47.9 Å². The molecule has 1 rings (SSSR count). The molecule has 24 nitrogen and oxygen atoms in total. The van der Waals surface area contributed by atoms with Gasteiger partial charge in [0.25, 0.3) is 0 Å². The number of hydrogen-bond donors (Lipinski definition) is 12. The molecule has 8 atom stereocenters. The molecule has 0 saturated carbocycles. The summed E-state index contributed by atoms with van der Waals surface area (Å²) in [5.41, 5.74) is 11.0. The predicted molar refractivity (Wildman–Crippen MR) is 261 cm³/mol. The zero-order chi connectivity index (χ0) is 52.8. The lowest BCUT2D eigenvalue weighted by Gasteiger charge is -2.33. The highest BCUT2D eigenvalue weighted by atomic mass is 32.1. The van der Waals surface area contributed by atoms with Crippen molar-refractivity contribution in [3.05, 3.63) is 0 Å². The summed E-state index contributed by atoms with van der Waals surface area (Å²) in [6.07, 6.45) is 2.30. The van der Waals surface area contributed by atoms with Crippen LogP contribution in [0.5, 0.6) is 0 Å². The van der Waals surface area contributed by atoms with Crippen molar-refractivity contribution in [3.8, 4) is 0 Å². The first-order valence-corrected chi connectivity index (χ1v) is 23.9. The molecule has 0 radical (unpaired) electrons. The predicted octanol–water partition coefficient (Wildman–Crippen LogP) is -3.13. The van der Waals surface area contributed by atoms with Crippen LogP contribution in [0.4, 0.5) is 0 Å². The number of nitrogens with two attached hydrogens (primary N) is 2. The summed E-state index contributed by atoms with van der Waals surface area (Å²) < 4.78 is -1.29. The van der Waals surface area contributed by atoms with Crippen molar-refractivity contribution in [2.75, 3.05) is 46.4 Å². The Hall–Kier alpha value is -5.72. The maximum atomic E-state index is 14.1. The molecular weight excluding hydrogens is 919 g/mol. The lowest BCUT2D eigenvalue weighted by Crippen LogP contribution is -2.64. The Labute approximate surface area is 410 Å². The molecule has 13 N–H and O–H groups in total. The quantitative estimate of drug-likeness (QED) is 0.0153. The molecule has 1 heterocycles. The van der Waals surface area contributed by atoms with Gasteiger partial charge in [0.1, 0.15) is 42.3 Å². The number of nitrogens with one attached hydrogen (secondary N) is 8. The minimum absolute atomic E-state index is 0.0738. The number of thiol groups is 1. The molecule has 10 amide bonds. The molecule has 0 spiro atoms. The molecule has 1 fully saturated rings. The number of aliphatic imine (C=N–C) groups is 1. The summed E-state index contributed by atoms with van der Waals surface area (Å²) in [5, 5.41) is 31.0. The van der Waals surface area contributed by atoms with E-state index in [0.717, 1.165) is 4.90 Å². The van der Waals surface area contributed by atoms with Gasteiger partial charge in [-0.05, 0) is 64.7 Å². The molecule has 1 aliphatic rings. The van der Waals surface area contributed by atoms with Crippen molar-refractivity contribution < 1.29 is 53.1 Å². The SMILES string of the molecule is CCC[C@H](NC(=O)[C@H](CO)NC(=O)[C@H](NC(=O)[C@@H](NC(=O)CNC(=O)CN(C)C(C)=O)C(C)C)C(C)(C)S)C(=O)N[C@H](C(=O)N[C@@H](CCCN=C(N)N)C(=O)N1CCC[C@H]1C(=O)NCC)[C@@H](C)CC. The van der Waals surface area contributed by atoms with E-state index in [0.29, 0.717) is 45.2 Å². The van der Waals surface area contributed by atoms with Gasteiger partial charge < -0.3 is 68.9 Å². The molecule has 0 aromatic heterocycles. The van der Waals surface area contributed by atoms with E-state index in [1.807, 2.05) is 0 Å². The van der Waals surface area contributed by atoms with E-state index in [1.165, 1.54) is 32.7 Å². The van der Waals surface area contributed by atoms with E-state index in [4.69, 9.17) is 11.5 Å². The van der Waals surface area contributed by atoms with Crippen LogP contribution >= 0.6 is 12.6 Å². The standard InChI is InChI=1S/C44H79N13O11S/c1-11-16-27(36(62)54-34(25(6)12-2)40(66)51-28(17-14-19-48-43(45)46)42(68)57-20-15-18-30(57)38(64)47-13-3)50-37(63)29(23-58)52-41(67)35(44(8,9)69)55-39(65)33(24(4)5)53-31(60)21-49-32(61)22-56(10)26(7)59/h24-25,27-30,33-35,58,69H,11-23H2,1-10H3,(H,47,64)(H,49,61)(H,50,63)(H,51,66)(H,52,67)(H,53,60)(H,54,62)(H,55,65)(H4,45,46,48)/t25-,27-,28-,29-,30-,33-,34-,35-/m0/s1. The lowest BCUT2D eigenvalue weighted by atomic mass is 9.96. The Morgan fingerprint density at radius 1 is 0.783 bits per heavy atom. The summed E-state index contributed by atoms with van der Waals surface area (Å²) in [6.45, 7) is 13.7. The van der Waals surface area contributed by atoms with Gasteiger partial charge in [0.05, 0.1) is 19.7 Å². The fourth-order valence-corrected chi connectivity index (χ4v) is 7.35. The van der Waals surface area contributed by atoms with Gasteiger partial charge in [-0.2, -0.15) is 12.6 Å². The third-order valence-electron chi connectivity index (χ3n) is 11.5. The molecule has 0 aliphatic carbocycles. The summed E-state index contributed by atoms with van der Waals surface area (Å²) >= 11 is 4.50. The van der Waals surface area contributed by atoms with Crippen LogP contribution in [0.15, 0.2) is 4.99 Å². The Morgan fingerprint density at radius 3 is 1.91 bits per heavy atom. The van der Waals surface area contributed by atoms with Crippen molar-refractivity contribution in [3.63, 3.8) is 0 Å². The minimum atomic E-state index is -1.64. The molecule has 69 heavy (non-hydrogen) atoms. The van der Waals surface area contributed by atoms with Gasteiger partial charge in [0, 0.05) is 38.4 Å². The largest absolute Gasteiger partial charge is 0.394 e. The van der Waals surface area contributed by atoms with Gasteiger partial charge in [-0.1, -0.05) is 47.5 Å². The number of carbonyl (C=O) groups is 10. The van der Waals surface area contributed by atoms with Crippen LogP contribution in [0.25, 0.3) is 0 Å². The molecule has 25 heteroatoms. The number of guanidine groups is 1. The Kier molecular flexibility index (Phi) is 26.7. The summed E-state index contributed by atoms with van der Waals surface area (Å²) in [6, 6.07) is -8.59. The van der Waals surface area contributed by atoms with Gasteiger partial charge in [-0.15, -0.1) is 0 Å². The Balaban J connectivity index is 3.25. The molecular formula is C44H79N13O11S. The van der Waals surface area contributed by atoms with Crippen LogP contribution in [-0.4, -0.2) is 173 Å². The molecule has 392 valence electrons. The smallest absolute Gasteiger partial charge is 0.245 e. The lowest BCUT2D eigenvalue weighted by molar-refractivity contribution is -0.142. The molecule has 0 unspecified atom stereocenters. The first-order chi connectivity index (χ1) is 32.2. The van der Waals surface area contributed by atoms with Crippen LogP contribution in [0, 0.1) is 11.8 Å². The average Bonchev–Trinajstić information content (AvgIpc) is 3.77. The molecule has 0 aromatic carbocycles. The summed E-state index contributed by atoms with van der Waals surface area (Å²) in [5.74, 6) is -7.76. The third-order valence-corrected chi connectivity index (χ3v) is 11.7. The van der Waals surface area contributed by atoms with E-state index in [1.54, 1.807) is 41.5 Å². The van der Waals surface area contributed by atoms with E-state index >= 15 is 0 Å². The molecule has 0 aromatic rings. The number of likely N-dealkylation sites (tertiary alicyclic amines) is 1. The topological polar surface area (TPSA) is 358 Å². The van der Waals surface area contributed by atoms with Crippen molar-refractivity contribution in [1.82, 2.24) is 52.3 Å². The van der Waals surface area contributed by atoms with Gasteiger partial charge in [0.2, 0.25) is 59.1 Å². The van der Waals surface area contributed by atoms with E-state index in [9.17, 15) is 53.1 Å². The van der Waals surface area contributed by atoms with Crippen LogP contribution in [0.1, 0.15) is 107 Å². The number of aliphatic hydroxyl groups is 1. The van der Waals surface area contributed by atoms with E-state index in [2.05, 4.69) is 60.2 Å². The number of aliphatic hydroxyl groups excluding tert-OH is 1. The summed E-state index contributed by atoms with van der Waals surface area (Å²) in [4.78, 5) is 139. The van der Waals surface area contributed by atoms with E-state index < -0.39 is 119 Å². The molecule has 0 bridgehead atoms. The highest BCUT2D eigenvalue weighted by Crippen LogP contribution is 2.21. The van der Waals surface area contributed by atoms with Gasteiger partial charge >= 0.3 is 0 Å². The second kappa shape index (κ2) is 30.0. The van der Waals surface area contributed by atoms with Crippen LogP contribution in [0.3, 0.4) is 0 Å². The number of carbonyl (C=O) groups excluding carboxylic acids is 10. The maximum absolute atomic E-state index is 14.1. The van der Waals surface area contributed by atoms with Crippen molar-refractivity contribution in [1.29, 1.82) is 0 Å². The van der Waals surface area contributed by atoms with Crippen LogP contribution < -0.4 is 54.0 Å². The van der Waals surface area contributed by atoms with E-state index in [-0.39, 0.29) is 43.7 Å². The third kappa shape index (κ3) is 20.8. The Morgan fingerprint density at radius 2 is 1.38 bits per heavy atom. The monoisotopic (exact) mass is 998 g/mol. The number of nitrogens with zero attached hydrogens (tertiary/aromatic N) is 3. The number of rotatable bonds is 29. The second-order valence-corrected chi connectivity index (χ2v) is 19.2. The van der Waals surface area contributed by atoms with Gasteiger partial charge in [-0.25, -0.2) is 0 Å². The first-order valence-electron chi connectivity index (χ1n) is 23.5. The Bertz CT molecular complexity index is 1830. The number of hydrogen-bond acceptors (Lipinski definition) is 13. The highest BCUT2D eigenvalue weighted by Gasteiger charge is 2.41. The van der Waals surface area contributed by atoms with Crippen molar-refractivity contribution in [2.24, 2.45) is 28.3 Å². The normalized spacial score (nSPS) is 16.5. The van der Waals surface area contributed by atoms with Gasteiger partial charge in [-0.3, -0.25) is 52.9 Å². The highest BCUT2D eigenvalue weighted by molar-refractivity contribution is 7.81. The number of amides is 10. The molecule has 1 aliphatic heterocycles. The summed E-state index contributed by atoms with van der Waals surface area (Å²) in [7, 11) is 1.41. The second-order valence-electron chi connectivity index (χ2n) is 18.1. The van der Waals surface area contributed by atoms with Gasteiger partial charge in [0.15, 0.2) is 5.96 Å². The average molecular weight is 998 g/mol. The fourth-order valence-electron chi connectivity index (χ4n) is 7.17. The molecule has 1 saturated heterocycles. The van der Waals surface area contributed by atoms with Crippen molar-refractivity contribution in [2.45, 2.75) is 154 Å². The zero-order valence-corrected chi connectivity index (χ0v) is 42.8. The van der Waals surface area contributed by atoms with Crippen LogP contribution in [0.2, 0.25) is 0 Å². The zero-order valence-electron chi connectivity index (χ0n) is 41.9. The van der Waals surface area contributed by atoms with Crippen molar-refractivity contribution >= 4 is 77.7 Å². The first kappa shape index (κ1) is 61.3. The minimum Gasteiger partial charge on any atom is -0.394 e. The maximum Gasteiger partial charge on any atom is 0.245 e. The number of likely N-dealkylation sites (N-methyl/N-ethyl adjacent to an activating group) is 2. The fraction of sp³-hybridized carbons (Fsp3) is 0.750.